The van der Waals surface area contributed by atoms with E-state index in [0.717, 1.165) is 12.1 Å². The second kappa shape index (κ2) is 3.57. The van der Waals surface area contributed by atoms with Crippen molar-refractivity contribution in [3.63, 3.8) is 0 Å². The summed E-state index contributed by atoms with van der Waals surface area (Å²) in [5.41, 5.74) is 0.301. The molecule has 0 atom stereocenters. The van der Waals surface area contributed by atoms with Crippen LogP contribution in [0.5, 0.6) is 0 Å². The summed E-state index contributed by atoms with van der Waals surface area (Å²) in [6, 6.07) is 6.23. The van der Waals surface area contributed by atoms with Gasteiger partial charge < -0.3 is 0 Å². The molecule has 1 aromatic heterocycles. The average Bonchev–Trinajstić information content (AvgIpc) is 2.62. The van der Waals surface area contributed by atoms with Crippen molar-refractivity contribution in [2.24, 2.45) is 0 Å². The largest absolute Gasteiger partial charge is 0.284 e. The van der Waals surface area contributed by atoms with Crippen molar-refractivity contribution in [1.29, 1.82) is 0 Å². The smallest absolute Gasteiger partial charge is 0.0489 e. The summed E-state index contributed by atoms with van der Waals surface area (Å²) in [5.74, 6) is -1.22. The van der Waals surface area contributed by atoms with Gasteiger partial charge in [-0.3, -0.25) is 13.5 Å². The lowest BCUT2D eigenvalue weighted by atomic mass is 10.2. The summed E-state index contributed by atoms with van der Waals surface area (Å²) < 4.78 is 27.2. The Morgan fingerprint density at radius 2 is 2.29 bits per heavy atom. The van der Waals surface area contributed by atoms with E-state index in [2.05, 4.69) is 11.2 Å². The second-order valence-electron chi connectivity index (χ2n) is 2.85. The second-order valence-corrected chi connectivity index (χ2v) is 2.85. The Labute approximate surface area is 79.8 Å². The molecule has 1 aromatic carbocycles. The fourth-order valence-electron chi connectivity index (χ4n) is 1.15. The van der Waals surface area contributed by atoms with Gasteiger partial charge in [-0.25, -0.2) is 0 Å². The third-order valence-corrected chi connectivity index (χ3v) is 1.82. The van der Waals surface area contributed by atoms with Crippen LogP contribution in [0.25, 0.3) is 0 Å². The Balaban J connectivity index is 2.25. The van der Waals surface area contributed by atoms with Gasteiger partial charge in [0.15, 0.2) is 0 Å². The van der Waals surface area contributed by atoms with Crippen molar-refractivity contribution in [2.75, 3.05) is 0 Å². The molecule has 4 heteroatoms. The molecule has 0 saturated carbocycles. The van der Waals surface area contributed by atoms with Crippen molar-refractivity contribution in [3.05, 3.63) is 53.9 Å². The van der Waals surface area contributed by atoms with Crippen molar-refractivity contribution in [3.8, 4) is 0 Å². The lowest BCUT2D eigenvalue weighted by molar-refractivity contribution is 0.557. The van der Waals surface area contributed by atoms with Crippen molar-refractivity contribution in [1.82, 2.24) is 9.78 Å². The molecule has 1 heterocycles. The lowest BCUT2D eigenvalue weighted by Gasteiger charge is -2.10. The van der Waals surface area contributed by atoms with Gasteiger partial charge in [-0.1, -0.05) is 0 Å². The van der Waals surface area contributed by atoms with Crippen molar-refractivity contribution >= 4 is 0 Å². The fourth-order valence-corrected chi connectivity index (χ4v) is 1.15. The van der Waals surface area contributed by atoms with Crippen LogP contribution < -0.4 is 0 Å². The number of nitrogens with zero attached hydrogens (tertiary/aromatic N) is 2. The first kappa shape index (κ1) is 8.87. The lowest BCUT2D eigenvalue weighted by Crippen LogP contribution is -2.02. The van der Waals surface area contributed by atoms with Crippen LogP contribution in [0.4, 0.5) is 8.78 Å². The van der Waals surface area contributed by atoms with E-state index in [-0.39, 0.29) is 6.54 Å². The van der Waals surface area contributed by atoms with Gasteiger partial charge in [0.2, 0.25) is 0 Å². The Bertz CT molecular complexity index is 424. The Morgan fingerprint density at radius 3 is 2.93 bits per heavy atom. The van der Waals surface area contributed by atoms with E-state index in [4.69, 9.17) is 0 Å². The zero-order valence-corrected chi connectivity index (χ0v) is 7.24. The predicted molar refractivity (Wildman–Crippen MR) is 46.5 cm³/mol. The number of hydrogen-bond acceptors (Lipinski definition) is 1. The molecule has 0 aliphatic rings. The molecule has 0 N–H and O–H groups in total. The van der Waals surface area contributed by atoms with Gasteiger partial charge in [0.05, 0.1) is 0 Å². The fraction of sp³-hybridized carbons (Fsp3) is 0.100. The van der Waals surface area contributed by atoms with E-state index in [1.165, 1.54) is 0 Å². The van der Waals surface area contributed by atoms with E-state index < -0.39 is 11.6 Å². The number of halogens is 2. The van der Waals surface area contributed by atoms with Crippen LogP contribution in [0.3, 0.4) is 0 Å². The zero-order valence-electron chi connectivity index (χ0n) is 7.24. The van der Waals surface area contributed by atoms with Gasteiger partial charge in [-0.2, -0.15) is 11.2 Å². The molecule has 2 nitrogen and oxygen atoms in total. The van der Waals surface area contributed by atoms with Gasteiger partial charge in [0.25, 0.3) is 0 Å². The predicted octanol–water partition coefficient (Wildman–Crippen LogP) is 2.01. The molecule has 2 rings (SSSR count). The molecule has 0 saturated heterocycles. The van der Waals surface area contributed by atoms with Crippen LogP contribution in [0, 0.1) is 17.7 Å². The molecule has 0 aliphatic carbocycles. The van der Waals surface area contributed by atoms with Gasteiger partial charge in [0, 0.05) is 30.6 Å². The monoisotopic (exact) mass is 193 g/mol. The van der Waals surface area contributed by atoms with Gasteiger partial charge in [0.1, 0.15) is 0 Å². The summed E-state index contributed by atoms with van der Waals surface area (Å²) >= 11 is 0. The van der Waals surface area contributed by atoms with Crippen LogP contribution >= 0.6 is 0 Å². The molecular formula is C10H7F2N2-. The summed E-state index contributed by atoms with van der Waals surface area (Å²) in [6.45, 7) is 0.263. The van der Waals surface area contributed by atoms with E-state index in [9.17, 15) is 8.78 Å². The first-order chi connectivity index (χ1) is 6.75. The van der Waals surface area contributed by atoms with Crippen LogP contribution in [0.1, 0.15) is 5.56 Å². The topological polar surface area (TPSA) is 17.8 Å². The van der Waals surface area contributed by atoms with Crippen LogP contribution in [-0.4, -0.2) is 9.78 Å². The minimum atomic E-state index is -0.619. The maximum absolute atomic E-state index is 13.1. The maximum atomic E-state index is 13.1. The van der Waals surface area contributed by atoms with Gasteiger partial charge in [-0.15, -0.1) is 17.7 Å². The molecule has 72 valence electrons. The highest BCUT2D eigenvalue weighted by molar-refractivity contribution is 5.17. The number of benzene rings is 1. The van der Waals surface area contributed by atoms with Crippen molar-refractivity contribution < 1.29 is 8.78 Å². The maximum Gasteiger partial charge on any atom is 0.0489 e. The first-order valence-electron chi connectivity index (χ1n) is 4.09. The molecule has 14 heavy (non-hydrogen) atoms. The molecule has 0 amide bonds. The summed E-state index contributed by atoms with van der Waals surface area (Å²) in [6.07, 6.45) is 3.30. The van der Waals surface area contributed by atoms with E-state index in [1.807, 2.05) is 0 Å². The van der Waals surface area contributed by atoms with Gasteiger partial charge in [-0.05, 0) is 6.07 Å². The zero-order chi connectivity index (χ0) is 9.97. The molecule has 0 unspecified atom stereocenters. The minimum Gasteiger partial charge on any atom is -0.284 e. The standard InChI is InChI=1S/C10H7F2N2/c11-9-3-2-8(10(12)6-9)7-14-5-1-4-13-14/h1,3-6H,7H2/q-1. The summed E-state index contributed by atoms with van der Waals surface area (Å²) in [4.78, 5) is 0. The number of aromatic nitrogens is 2. The molecule has 0 aliphatic heterocycles. The Kier molecular flexibility index (Phi) is 2.26. The van der Waals surface area contributed by atoms with Crippen LogP contribution in [0.15, 0.2) is 30.6 Å². The SMILES string of the molecule is Fc1c[c-]c(Cn2cccn2)c(F)c1. The third kappa shape index (κ3) is 1.79. The minimum absolute atomic E-state index is 0.263. The Hall–Kier alpha value is -1.71. The summed E-state index contributed by atoms with van der Waals surface area (Å²) in [5, 5.41) is 3.91. The molecule has 0 spiro atoms. The van der Waals surface area contributed by atoms with E-state index in [1.54, 1.807) is 23.1 Å². The first-order valence-corrected chi connectivity index (χ1v) is 4.09. The van der Waals surface area contributed by atoms with Crippen LogP contribution in [0.2, 0.25) is 0 Å². The van der Waals surface area contributed by atoms with Crippen LogP contribution in [-0.2, 0) is 6.54 Å². The average molecular weight is 193 g/mol. The van der Waals surface area contributed by atoms with E-state index in [0.29, 0.717) is 5.56 Å². The molecule has 2 aromatic rings. The van der Waals surface area contributed by atoms with E-state index >= 15 is 0 Å². The highest BCUT2D eigenvalue weighted by Gasteiger charge is 1.95. The Morgan fingerprint density at radius 1 is 1.43 bits per heavy atom. The molecular weight excluding hydrogens is 186 g/mol. The normalized spacial score (nSPS) is 10.4. The summed E-state index contributed by atoms with van der Waals surface area (Å²) in [7, 11) is 0. The number of hydrogen-bond donors (Lipinski definition) is 0. The molecule has 0 radical (unpaired) electrons. The molecule has 0 fully saturated rings. The molecule has 0 bridgehead atoms. The third-order valence-electron chi connectivity index (χ3n) is 1.82. The van der Waals surface area contributed by atoms with Crippen molar-refractivity contribution in [2.45, 2.75) is 6.54 Å². The highest BCUT2D eigenvalue weighted by atomic mass is 19.1. The highest BCUT2D eigenvalue weighted by Crippen LogP contribution is 2.09. The van der Waals surface area contributed by atoms with Gasteiger partial charge >= 0.3 is 0 Å². The number of rotatable bonds is 2. The quantitative estimate of drug-likeness (QED) is 0.667.